The van der Waals surface area contributed by atoms with Crippen LogP contribution in [0, 0.1) is 0 Å². The monoisotopic (exact) mass is 660 g/mol. The Morgan fingerprint density at radius 1 is 0.959 bits per heavy atom. The highest BCUT2D eigenvalue weighted by molar-refractivity contribution is 6.05. The third-order valence-electron chi connectivity index (χ3n) is 9.52. The Balaban J connectivity index is 0.972. The Hall–Kier alpha value is -5.69. The van der Waals surface area contributed by atoms with Gasteiger partial charge < -0.3 is 15.4 Å². The number of fused-ring (bicyclic) bond motifs is 2. The Morgan fingerprint density at radius 3 is 2.53 bits per heavy atom. The number of para-hydroxylation sites is 1. The molecule has 0 spiro atoms. The number of carbonyl (C=O) groups is 3. The zero-order chi connectivity index (χ0) is 33.6. The van der Waals surface area contributed by atoms with Crippen LogP contribution >= 0.6 is 0 Å². The molecule has 49 heavy (non-hydrogen) atoms. The second-order valence-corrected chi connectivity index (χ2v) is 12.7. The third kappa shape index (κ3) is 5.75. The summed E-state index contributed by atoms with van der Waals surface area (Å²) in [6, 6.07) is 21.4. The molecule has 8 rings (SSSR count). The molecule has 3 aromatic carbocycles. The molecule has 3 amide bonds. The zero-order valence-corrected chi connectivity index (χ0v) is 26.5. The Morgan fingerprint density at radius 2 is 1.76 bits per heavy atom. The van der Waals surface area contributed by atoms with Crippen molar-refractivity contribution >= 4 is 34.6 Å². The van der Waals surface area contributed by atoms with Gasteiger partial charge in [0.2, 0.25) is 11.8 Å². The van der Waals surface area contributed by atoms with Crippen LogP contribution in [0.3, 0.4) is 0 Å². The first kappa shape index (κ1) is 30.6. The number of benzene rings is 3. The zero-order valence-electron chi connectivity index (χ0n) is 26.5. The van der Waals surface area contributed by atoms with Crippen LogP contribution in [0.15, 0.2) is 79.1 Å². The lowest BCUT2D eigenvalue weighted by molar-refractivity contribution is -0.136. The maximum Gasteiger partial charge on any atom is 0.255 e. The van der Waals surface area contributed by atoms with Gasteiger partial charge in [0, 0.05) is 43.7 Å². The number of halogens is 1. The van der Waals surface area contributed by atoms with Crippen molar-refractivity contribution in [2.45, 2.75) is 50.6 Å². The standard InChI is InChI=1S/C36H33FN8O4/c37-27-19-43(17-21-6-11-26-23(16-21)18-44(36(26)48)29-12-13-30(46)41-35(29)47)15-14-28(27)45-34-31(33(38)39-20-40-34)32(42-45)22-7-9-25(10-8-22)49-24-4-2-1-3-5-24/h1-11,16,20,27-29H,12-15,17-19H2,(H2,38,39,40)(H,41,46,47)/t27-,28-,29?/m0/s1. The molecule has 3 atom stereocenters. The van der Waals surface area contributed by atoms with Crippen LogP contribution in [-0.4, -0.2) is 72.6 Å². The number of ether oxygens (including phenoxy) is 1. The van der Waals surface area contributed by atoms with Crippen LogP contribution in [0.5, 0.6) is 11.5 Å². The van der Waals surface area contributed by atoms with E-state index in [1.54, 1.807) is 10.7 Å². The van der Waals surface area contributed by atoms with E-state index in [9.17, 15) is 14.4 Å². The van der Waals surface area contributed by atoms with Crippen LogP contribution in [-0.2, 0) is 22.7 Å². The van der Waals surface area contributed by atoms with Crippen LogP contribution in [0.2, 0.25) is 0 Å². The van der Waals surface area contributed by atoms with E-state index in [0.29, 0.717) is 60.5 Å². The van der Waals surface area contributed by atoms with Crippen molar-refractivity contribution in [3.8, 4) is 22.8 Å². The number of nitrogens with two attached hydrogens (primary N) is 1. The van der Waals surface area contributed by atoms with Crippen molar-refractivity contribution in [1.82, 2.24) is 34.9 Å². The minimum absolute atomic E-state index is 0.186. The lowest BCUT2D eigenvalue weighted by Crippen LogP contribution is -2.52. The number of carbonyl (C=O) groups excluding carboxylic acids is 3. The molecule has 0 radical (unpaired) electrons. The summed E-state index contributed by atoms with van der Waals surface area (Å²) < 4.78 is 23.7. The molecular weight excluding hydrogens is 627 g/mol. The Bertz CT molecular complexity index is 2090. The fourth-order valence-corrected chi connectivity index (χ4v) is 7.09. The number of likely N-dealkylation sites (tertiary alicyclic amines) is 1. The maximum absolute atomic E-state index is 16.1. The molecule has 3 aliphatic heterocycles. The van der Waals surface area contributed by atoms with Crippen LogP contribution in [0.25, 0.3) is 22.3 Å². The number of aromatic nitrogens is 4. The van der Waals surface area contributed by atoms with Gasteiger partial charge in [0.25, 0.3) is 5.91 Å². The van der Waals surface area contributed by atoms with E-state index in [1.165, 1.54) is 11.2 Å². The van der Waals surface area contributed by atoms with Crippen molar-refractivity contribution in [3.63, 3.8) is 0 Å². The molecule has 12 nitrogen and oxygen atoms in total. The molecule has 1 unspecified atom stereocenters. The molecule has 5 aromatic rings. The summed E-state index contributed by atoms with van der Waals surface area (Å²) in [6.07, 6.45) is 1.15. The van der Waals surface area contributed by atoms with Gasteiger partial charge in [-0.2, -0.15) is 5.10 Å². The number of piperidine rings is 2. The van der Waals surface area contributed by atoms with Crippen LogP contribution in [0.4, 0.5) is 10.2 Å². The highest BCUT2D eigenvalue weighted by Gasteiger charge is 2.39. The molecule has 13 heteroatoms. The first-order valence-electron chi connectivity index (χ1n) is 16.3. The lowest BCUT2D eigenvalue weighted by Gasteiger charge is -2.34. The number of hydrogen-bond donors (Lipinski definition) is 2. The quantitative estimate of drug-likeness (QED) is 0.242. The van der Waals surface area contributed by atoms with Gasteiger partial charge in [0.15, 0.2) is 5.65 Å². The van der Waals surface area contributed by atoms with E-state index in [-0.39, 0.29) is 30.6 Å². The van der Waals surface area contributed by atoms with Gasteiger partial charge in [-0.05, 0) is 66.4 Å². The van der Waals surface area contributed by atoms with Gasteiger partial charge in [-0.25, -0.2) is 19.0 Å². The van der Waals surface area contributed by atoms with E-state index in [0.717, 1.165) is 22.4 Å². The van der Waals surface area contributed by atoms with Crippen molar-refractivity contribution in [2.75, 3.05) is 18.8 Å². The number of imide groups is 1. The van der Waals surface area contributed by atoms with Gasteiger partial charge >= 0.3 is 0 Å². The van der Waals surface area contributed by atoms with Gasteiger partial charge in [-0.3, -0.25) is 24.6 Å². The highest BCUT2D eigenvalue weighted by Crippen LogP contribution is 2.36. The van der Waals surface area contributed by atoms with E-state index >= 15 is 4.39 Å². The molecule has 0 saturated carbocycles. The number of nitrogens with one attached hydrogen (secondary N) is 1. The van der Waals surface area contributed by atoms with Crippen molar-refractivity contribution in [1.29, 1.82) is 0 Å². The lowest BCUT2D eigenvalue weighted by atomic mass is 10.0. The number of nitrogens with zero attached hydrogens (tertiary/aromatic N) is 6. The number of alkyl halides is 1. The SMILES string of the molecule is Nc1ncnc2c1c(-c1ccc(Oc3ccccc3)cc1)nn2[C@H]1CCN(Cc2ccc3c(c2)CN(C2CCC(=O)NC2=O)C3=O)C[C@@H]1F. The highest BCUT2D eigenvalue weighted by atomic mass is 19.1. The molecule has 0 bridgehead atoms. The van der Waals surface area contributed by atoms with Crippen molar-refractivity contribution in [3.05, 3.63) is 95.8 Å². The topological polar surface area (TPSA) is 149 Å². The predicted octanol–water partition coefficient (Wildman–Crippen LogP) is 4.41. The minimum atomic E-state index is -1.23. The number of rotatable bonds is 7. The summed E-state index contributed by atoms with van der Waals surface area (Å²) in [7, 11) is 0. The first-order valence-corrected chi connectivity index (χ1v) is 16.3. The maximum atomic E-state index is 16.1. The van der Waals surface area contributed by atoms with Gasteiger partial charge in [-0.15, -0.1) is 0 Å². The summed E-state index contributed by atoms with van der Waals surface area (Å²) in [4.78, 5) is 49.4. The minimum Gasteiger partial charge on any atom is -0.457 e. The van der Waals surface area contributed by atoms with E-state index in [2.05, 4.69) is 20.2 Å². The summed E-state index contributed by atoms with van der Waals surface area (Å²) >= 11 is 0. The molecule has 248 valence electrons. The largest absolute Gasteiger partial charge is 0.457 e. The number of hydrogen-bond acceptors (Lipinski definition) is 9. The first-order chi connectivity index (χ1) is 23.8. The van der Waals surface area contributed by atoms with Gasteiger partial charge in [-0.1, -0.05) is 30.3 Å². The number of amides is 3. The fraction of sp³-hybridized carbons (Fsp3) is 0.278. The normalized spacial score (nSPS) is 21.2. The summed E-state index contributed by atoms with van der Waals surface area (Å²) in [6.45, 7) is 1.60. The molecule has 3 N–H and O–H groups in total. The summed E-state index contributed by atoms with van der Waals surface area (Å²) in [5.41, 5.74) is 10.5. The van der Waals surface area contributed by atoms with Crippen LogP contribution < -0.4 is 15.8 Å². The average Bonchev–Trinajstić information content (AvgIpc) is 3.64. The molecular formula is C36H33FN8O4. The van der Waals surface area contributed by atoms with E-state index in [1.807, 2.05) is 66.7 Å². The Labute approximate surface area is 280 Å². The predicted molar refractivity (Wildman–Crippen MR) is 178 cm³/mol. The molecule has 3 aliphatic rings. The third-order valence-corrected chi connectivity index (χ3v) is 9.52. The van der Waals surface area contributed by atoms with Crippen LogP contribution in [0.1, 0.15) is 46.8 Å². The second kappa shape index (κ2) is 12.4. The fourth-order valence-electron chi connectivity index (χ4n) is 7.09. The molecule has 2 fully saturated rings. The second-order valence-electron chi connectivity index (χ2n) is 12.7. The van der Waals surface area contributed by atoms with E-state index in [4.69, 9.17) is 15.6 Å². The summed E-state index contributed by atoms with van der Waals surface area (Å²) in [5.74, 6) is 0.696. The molecule has 5 heterocycles. The number of anilines is 1. The van der Waals surface area contributed by atoms with Gasteiger partial charge in [0.1, 0.15) is 41.6 Å². The Kier molecular flexibility index (Phi) is 7.75. The van der Waals surface area contributed by atoms with Crippen molar-refractivity contribution < 1.29 is 23.5 Å². The average molecular weight is 661 g/mol. The molecule has 2 saturated heterocycles. The van der Waals surface area contributed by atoms with E-state index < -0.39 is 24.2 Å². The van der Waals surface area contributed by atoms with Gasteiger partial charge in [0.05, 0.1) is 11.4 Å². The molecule has 2 aromatic heterocycles. The summed E-state index contributed by atoms with van der Waals surface area (Å²) in [5, 5.41) is 7.78. The van der Waals surface area contributed by atoms with Crippen molar-refractivity contribution in [2.24, 2.45) is 0 Å². The smallest absolute Gasteiger partial charge is 0.255 e. The molecule has 0 aliphatic carbocycles. The number of nitrogen functional groups attached to an aromatic ring is 1.